The summed E-state index contributed by atoms with van der Waals surface area (Å²) in [4.78, 5) is 45.5. The molecule has 142 valence electrons. The fraction of sp³-hybridized carbons (Fsp3) is 0.467. The average molecular weight is 369 g/mol. The van der Waals surface area contributed by atoms with E-state index in [1.807, 2.05) is 0 Å². The third kappa shape index (κ3) is 6.09. The van der Waals surface area contributed by atoms with Crippen LogP contribution in [-0.4, -0.2) is 58.0 Å². The minimum atomic E-state index is -0.833. The van der Waals surface area contributed by atoms with Crippen LogP contribution in [0.1, 0.15) is 30.1 Å². The average Bonchev–Trinajstić information content (AvgIpc) is 2.61. The van der Waals surface area contributed by atoms with E-state index in [9.17, 15) is 29.8 Å². The standard InChI is InChI=1S/C15H19N3O8/c1-2-26-14(20)4-6-16(5-3-7-19)15(21)11-8-12(17(22)23)10-13(9-11)18(24)25/h8-10,19H,2-7H2,1H3. The number of nitrogens with zero attached hydrogens (tertiary/aromatic N) is 3. The predicted molar refractivity (Wildman–Crippen MR) is 88.6 cm³/mol. The number of esters is 1. The third-order valence-electron chi connectivity index (χ3n) is 3.34. The van der Waals surface area contributed by atoms with Gasteiger partial charge in [-0.2, -0.15) is 0 Å². The molecule has 1 rings (SSSR count). The molecule has 1 N–H and O–H groups in total. The lowest BCUT2D eigenvalue weighted by Gasteiger charge is -2.22. The minimum absolute atomic E-state index is 0.0475. The van der Waals surface area contributed by atoms with Crippen molar-refractivity contribution < 1.29 is 29.3 Å². The molecule has 1 amide bonds. The van der Waals surface area contributed by atoms with Crippen LogP contribution in [0.5, 0.6) is 0 Å². The van der Waals surface area contributed by atoms with E-state index >= 15 is 0 Å². The van der Waals surface area contributed by atoms with Gasteiger partial charge in [0.1, 0.15) is 0 Å². The van der Waals surface area contributed by atoms with Crippen LogP contribution in [-0.2, 0) is 9.53 Å². The van der Waals surface area contributed by atoms with Gasteiger partial charge in [-0.1, -0.05) is 0 Å². The van der Waals surface area contributed by atoms with Crippen LogP contribution in [0.4, 0.5) is 11.4 Å². The Morgan fingerprint density at radius 2 is 1.69 bits per heavy atom. The number of nitro benzene ring substituents is 2. The normalized spacial score (nSPS) is 10.2. The zero-order valence-electron chi connectivity index (χ0n) is 14.1. The lowest BCUT2D eigenvalue weighted by molar-refractivity contribution is -0.394. The van der Waals surface area contributed by atoms with E-state index in [1.54, 1.807) is 6.92 Å². The summed E-state index contributed by atoms with van der Waals surface area (Å²) in [5.41, 5.74) is -1.42. The monoisotopic (exact) mass is 369 g/mol. The molecule has 1 aromatic rings. The molecule has 0 fully saturated rings. The van der Waals surface area contributed by atoms with Crippen molar-refractivity contribution in [3.8, 4) is 0 Å². The van der Waals surface area contributed by atoms with Gasteiger partial charge in [0.2, 0.25) is 0 Å². The van der Waals surface area contributed by atoms with Crippen molar-refractivity contribution in [2.75, 3.05) is 26.3 Å². The number of aliphatic hydroxyl groups is 1. The molecule has 11 nitrogen and oxygen atoms in total. The van der Waals surface area contributed by atoms with Gasteiger partial charge in [-0.05, 0) is 13.3 Å². The molecular formula is C15H19N3O8. The highest BCUT2D eigenvalue weighted by molar-refractivity contribution is 5.95. The number of non-ortho nitro benzene ring substituents is 2. The van der Waals surface area contributed by atoms with Crippen LogP contribution >= 0.6 is 0 Å². The lowest BCUT2D eigenvalue weighted by atomic mass is 10.1. The summed E-state index contributed by atoms with van der Waals surface area (Å²) < 4.78 is 4.78. The predicted octanol–water partition coefficient (Wildman–Crippen LogP) is 1.28. The number of benzene rings is 1. The number of hydrogen-bond acceptors (Lipinski definition) is 8. The highest BCUT2D eigenvalue weighted by Gasteiger charge is 2.23. The van der Waals surface area contributed by atoms with E-state index in [1.165, 1.54) is 4.90 Å². The summed E-state index contributed by atoms with van der Waals surface area (Å²) in [5, 5.41) is 30.8. The topological polar surface area (TPSA) is 153 Å². The van der Waals surface area contributed by atoms with Gasteiger partial charge >= 0.3 is 5.97 Å². The molecule has 0 spiro atoms. The highest BCUT2D eigenvalue weighted by Crippen LogP contribution is 2.23. The summed E-state index contributed by atoms with van der Waals surface area (Å²) in [6.45, 7) is 1.63. The molecule has 0 aliphatic heterocycles. The Morgan fingerprint density at radius 3 is 2.15 bits per heavy atom. The highest BCUT2D eigenvalue weighted by atomic mass is 16.6. The van der Waals surface area contributed by atoms with Crippen LogP contribution in [0.3, 0.4) is 0 Å². The number of ether oxygens (including phenoxy) is 1. The molecule has 0 bridgehead atoms. The molecule has 0 atom stereocenters. The molecule has 0 radical (unpaired) electrons. The first kappa shape index (κ1) is 21.0. The van der Waals surface area contributed by atoms with E-state index in [0.29, 0.717) is 0 Å². The second kappa shape index (κ2) is 10.0. The van der Waals surface area contributed by atoms with E-state index in [2.05, 4.69) is 0 Å². The number of aliphatic hydroxyl groups excluding tert-OH is 1. The third-order valence-corrected chi connectivity index (χ3v) is 3.34. The number of carbonyl (C=O) groups excluding carboxylic acids is 2. The van der Waals surface area contributed by atoms with Gasteiger partial charge in [0, 0.05) is 31.8 Å². The summed E-state index contributed by atoms with van der Waals surface area (Å²) in [6.07, 6.45) is 0.105. The van der Waals surface area contributed by atoms with Crippen molar-refractivity contribution in [1.29, 1.82) is 0 Å². The quantitative estimate of drug-likeness (QED) is 0.367. The Kier molecular flexibility index (Phi) is 8.09. The van der Waals surface area contributed by atoms with Crippen LogP contribution in [0.15, 0.2) is 18.2 Å². The minimum Gasteiger partial charge on any atom is -0.466 e. The zero-order chi connectivity index (χ0) is 19.7. The SMILES string of the molecule is CCOC(=O)CCN(CCCO)C(=O)c1cc([N+](=O)[O-])cc([N+](=O)[O-])c1. The number of nitro groups is 2. The van der Waals surface area contributed by atoms with Gasteiger partial charge in [0.25, 0.3) is 17.3 Å². The number of amides is 1. The van der Waals surface area contributed by atoms with Crippen molar-refractivity contribution >= 4 is 23.3 Å². The molecule has 0 saturated carbocycles. The summed E-state index contributed by atoms with van der Waals surface area (Å²) in [5.74, 6) is -1.24. The Bertz CT molecular complexity index is 659. The van der Waals surface area contributed by atoms with Crippen molar-refractivity contribution in [3.05, 3.63) is 44.0 Å². The largest absolute Gasteiger partial charge is 0.466 e. The molecule has 0 unspecified atom stereocenters. The van der Waals surface area contributed by atoms with Crippen LogP contribution in [0.2, 0.25) is 0 Å². The number of hydrogen-bond donors (Lipinski definition) is 1. The number of carbonyl (C=O) groups is 2. The van der Waals surface area contributed by atoms with Gasteiger partial charge in [0.15, 0.2) is 0 Å². The first-order valence-electron chi connectivity index (χ1n) is 7.79. The Hall–Kier alpha value is -3.08. The molecule has 0 aromatic heterocycles. The fourth-order valence-corrected chi connectivity index (χ4v) is 2.15. The molecule has 1 aromatic carbocycles. The molecule has 26 heavy (non-hydrogen) atoms. The molecule has 0 aliphatic carbocycles. The van der Waals surface area contributed by atoms with E-state index in [0.717, 1.165) is 18.2 Å². The Labute approximate surface area is 148 Å². The molecule has 11 heteroatoms. The van der Waals surface area contributed by atoms with Crippen LogP contribution < -0.4 is 0 Å². The summed E-state index contributed by atoms with van der Waals surface area (Å²) >= 11 is 0. The van der Waals surface area contributed by atoms with Crippen molar-refractivity contribution in [2.24, 2.45) is 0 Å². The van der Waals surface area contributed by atoms with Crippen LogP contribution in [0.25, 0.3) is 0 Å². The lowest BCUT2D eigenvalue weighted by Crippen LogP contribution is -2.34. The number of rotatable bonds is 10. The van der Waals surface area contributed by atoms with Crippen molar-refractivity contribution in [2.45, 2.75) is 19.8 Å². The first-order valence-corrected chi connectivity index (χ1v) is 7.79. The van der Waals surface area contributed by atoms with Crippen molar-refractivity contribution in [3.63, 3.8) is 0 Å². The maximum absolute atomic E-state index is 12.6. The van der Waals surface area contributed by atoms with E-state index < -0.39 is 33.1 Å². The van der Waals surface area contributed by atoms with Gasteiger partial charge in [0.05, 0.1) is 34.5 Å². The molecule has 0 heterocycles. The van der Waals surface area contributed by atoms with Gasteiger partial charge < -0.3 is 14.7 Å². The maximum atomic E-state index is 12.6. The first-order chi connectivity index (χ1) is 12.3. The van der Waals surface area contributed by atoms with Gasteiger partial charge in [-0.3, -0.25) is 29.8 Å². The summed E-state index contributed by atoms with van der Waals surface area (Å²) in [7, 11) is 0. The van der Waals surface area contributed by atoms with Crippen LogP contribution in [0, 0.1) is 20.2 Å². The molecule has 0 saturated heterocycles. The molecule has 0 aliphatic rings. The maximum Gasteiger partial charge on any atom is 0.307 e. The summed E-state index contributed by atoms with van der Waals surface area (Å²) in [6, 6.07) is 2.63. The Morgan fingerprint density at radius 1 is 1.12 bits per heavy atom. The van der Waals surface area contributed by atoms with E-state index in [-0.39, 0.29) is 44.7 Å². The zero-order valence-corrected chi connectivity index (χ0v) is 14.1. The second-order valence-electron chi connectivity index (χ2n) is 5.18. The van der Waals surface area contributed by atoms with Crippen molar-refractivity contribution in [1.82, 2.24) is 4.90 Å². The Balaban J connectivity index is 3.10. The second-order valence-corrected chi connectivity index (χ2v) is 5.18. The van der Waals surface area contributed by atoms with Gasteiger partial charge in [-0.25, -0.2) is 0 Å². The fourth-order valence-electron chi connectivity index (χ4n) is 2.15. The molecular weight excluding hydrogens is 350 g/mol. The smallest absolute Gasteiger partial charge is 0.307 e. The van der Waals surface area contributed by atoms with E-state index in [4.69, 9.17) is 9.84 Å². The van der Waals surface area contributed by atoms with Gasteiger partial charge in [-0.15, -0.1) is 0 Å².